The van der Waals surface area contributed by atoms with Gasteiger partial charge in [-0.3, -0.25) is 9.67 Å². The highest BCUT2D eigenvalue weighted by Gasteiger charge is 2.17. The predicted octanol–water partition coefficient (Wildman–Crippen LogP) is 2.71. The number of nitrogens with zero attached hydrogens (tertiary/aromatic N) is 5. The zero-order valence-electron chi connectivity index (χ0n) is 12.3. The Balaban J connectivity index is 1.98. The number of hydrogen-bond acceptors (Lipinski definition) is 3. The minimum absolute atomic E-state index is 0.408. The molecule has 0 N–H and O–H groups in total. The minimum Gasteiger partial charge on any atom is -0.312 e. The van der Waals surface area contributed by atoms with Gasteiger partial charge in [0.25, 0.3) is 0 Å². The second kappa shape index (κ2) is 5.85. The number of rotatable bonds is 5. The number of alkyl halides is 1. The van der Waals surface area contributed by atoms with Crippen molar-refractivity contribution in [2.75, 3.05) is 0 Å². The molecule has 0 aromatic carbocycles. The van der Waals surface area contributed by atoms with Gasteiger partial charge in [0.15, 0.2) is 5.65 Å². The van der Waals surface area contributed by atoms with Gasteiger partial charge in [0, 0.05) is 26.0 Å². The van der Waals surface area contributed by atoms with Gasteiger partial charge in [0.1, 0.15) is 11.3 Å². The van der Waals surface area contributed by atoms with Crippen molar-refractivity contribution in [3.63, 3.8) is 0 Å². The maximum absolute atomic E-state index is 6.06. The summed E-state index contributed by atoms with van der Waals surface area (Å²) in [6.07, 6.45) is 5.46. The fraction of sp³-hybridized carbons (Fsp3) is 0.400. The van der Waals surface area contributed by atoms with Gasteiger partial charge in [-0.2, -0.15) is 5.10 Å². The van der Waals surface area contributed by atoms with E-state index in [1.807, 2.05) is 24.0 Å². The molecule has 110 valence electrons. The van der Waals surface area contributed by atoms with E-state index in [0.717, 1.165) is 42.1 Å². The van der Waals surface area contributed by atoms with Crippen molar-refractivity contribution in [1.29, 1.82) is 0 Å². The number of hydrogen-bond donors (Lipinski definition) is 0. The summed E-state index contributed by atoms with van der Waals surface area (Å²) in [6.45, 7) is 2.92. The molecule has 3 heterocycles. The van der Waals surface area contributed by atoms with Gasteiger partial charge in [0.2, 0.25) is 0 Å². The Bertz CT molecular complexity index is 744. The second-order valence-corrected chi connectivity index (χ2v) is 5.29. The van der Waals surface area contributed by atoms with Crippen LogP contribution in [-0.4, -0.2) is 24.3 Å². The smallest absolute Gasteiger partial charge is 0.158 e. The molecule has 6 heteroatoms. The molecular formula is C15H18ClN5. The van der Waals surface area contributed by atoms with Crippen LogP contribution in [0.25, 0.3) is 11.2 Å². The SMILES string of the molecule is CCc1nn(C)c2c1nc(CCl)n2CCc1cccnc1. The molecule has 0 bridgehead atoms. The first kappa shape index (κ1) is 14.1. The normalized spacial score (nSPS) is 11.4. The van der Waals surface area contributed by atoms with Crippen molar-refractivity contribution in [3.05, 3.63) is 41.6 Å². The summed E-state index contributed by atoms with van der Waals surface area (Å²) in [5, 5.41) is 4.54. The van der Waals surface area contributed by atoms with Crippen LogP contribution in [0.4, 0.5) is 0 Å². The molecule has 0 unspecified atom stereocenters. The lowest BCUT2D eigenvalue weighted by Crippen LogP contribution is -2.08. The Morgan fingerprint density at radius 3 is 2.86 bits per heavy atom. The third-order valence-corrected chi connectivity index (χ3v) is 3.91. The van der Waals surface area contributed by atoms with Crippen LogP contribution in [0.1, 0.15) is 24.0 Å². The van der Waals surface area contributed by atoms with Crippen LogP contribution >= 0.6 is 11.6 Å². The molecule has 0 aliphatic carbocycles. The molecule has 0 fully saturated rings. The molecule has 0 atom stereocenters. The molecule has 0 radical (unpaired) electrons. The highest BCUT2D eigenvalue weighted by atomic mass is 35.5. The second-order valence-electron chi connectivity index (χ2n) is 5.02. The quantitative estimate of drug-likeness (QED) is 0.681. The predicted molar refractivity (Wildman–Crippen MR) is 83.4 cm³/mol. The first-order chi connectivity index (χ1) is 10.2. The van der Waals surface area contributed by atoms with E-state index >= 15 is 0 Å². The molecule has 0 amide bonds. The van der Waals surface area contributed by atoms with Crippen molar-refractivity contribution in [2.45, 2.75) is 32.2 Å². The minimum atomic E-state index is 0.408. The average Bonchev–Trinajstić information content (AvgIpc) is 3.03. The van der Waals surface area contributed by atoms with Gasteiger partial charge in [-0.05, 0) is 24.5 Å². The van der Waals surface area contributed by atoms with E-state index < -0.39 is 0 Å². The molecule has 3 rings (SSSR count). The highest BCUT2D eigenvalue weighted by molar-refractivity contribution is 6.16. The standard InChI is InChI=1S/C15H18ClN5/c1-3-12-14-15(20(2)19-12)21(13(9-16)18-14)8-6-11-5-4-7-17-10-11/h4-5,7,10H,3,6,8-9H2,1-2H3. The Labute approximate surface area is 128 Å². The molecular weight excluding hydrogens is 286 g/mol. The van der Waals surface area contributed by atoms with Crippen LogP contribution in [0.2, 0.25) is 0 Å². The largest absolute Gasteiger partial charge is 0.312 e. The average molecular weight is 304 g/mol. The summed E-state index contributed by atoms with van der Waals surface area (Å²) >= 11 is 6.06. The van der Waals surface area contributed by atoms with Gasteiger partial charge in [-0.1, -0.05) is 13.0 Å². The molecule has 3 aromatic heterocycles. The van der Waals surface area contributed by atoms with E-state index in [-0.39, 0.29) is 0 Å². The van der Waals surface area contributed by atoms with Crippen molar-refractivity contribution < 1.29 is 0 Å². The van der Waals surface area contributed by atoms with E-state index in [9.17, 15) is 0 Å². The number of imidazole rings is 1. The summed E-state index contributed by atoms with van der Waals surface area (Å²) in [6, 6.07) is 4.04. The van der Waals surface area contributed by atoms with Crippen molar-refractivity contribution in [3.8, 4) is 0 Å². The lowest BCUT2D eigenvalue weighted by molar-refractivity contribution is 0.648. The van der Waals surface area contributed by atoms with Crippen molar-refractivity contribution in [1.82, 2.24) is 24.3 Å². The van der Waals surface area contributed by atoms with Crippen LogP contribution in [0.15, 0.2) is 24.5 Å². The third-order valence-electron chi connectivity index (χ3n) is 3.67. The Kier molecular flexibility index (Phi) is 3.92. The summed E-state index contributed by atoms with van der Waals surface area (Å²) in [7, 11) is 1.96. The maximum Gasteiger partial charge on any atom is 0.158 e. The fourth-order valence-electron chi connectivity index (χ4n) is 2.65. The molecule has 0 aliphatic rings. The molecule has 0 saturated carbocycles. The van der Waals surface area contributed by atoms with Crippen molar-refractivity contribution >= 4 is 22.8 Å². The van der Waals surface area contributed by atoms with Crippen molar-refractivity contribution in [2.24, 2.45) is 7.05 Å². The fourth-order valence-corrected chi connectivity index (χ4v) is 2.85. The van der Waals surface area contributed by atoms with Crippen LogP contribution in [0, 0.1) is 0 Å². The first-order valence-corrected chi connectivity index (χ1v) is 7.64. The molecule has 0 aliphatic heterocycles. The van der Waals surface area contributed by atoms with Crippen LogP contribution in [0.3, 0.4) is 0 Å². The van der Waals surface area contributed by atoms with Crippen LogP contribution in [0.5, 0.6) is 0 Å². The number of aromatic nitrogens is 5. The van der Waals surface area contributed by atoms with Crippen LogP contribution < -0.4 is 0 Å². The first-order valence-electron chi connectivity index (χ1n) is 7.10. The van der Waals surface area contributed by atoms with Gasteiger partial charge >= 0.3 is 0 Å². The van der Waals surface area contributed by atoms with E-state index in [4.69, 9.17) is 11.6 Å². The Morgan fingerprint density at radius 1 is 1.33 bits per heavy atom. The Morgan fingerprint density at radius 2 is 2.19 bits per heavy atom. The third kappa shape index (κ3) is 2.53. The molecule has 0 saturated heterocycles. The summed E-state index contributed by atoms with van der Waals surface area (Å²) in [5.41, 5.74) is 4.25. The van der Waals surface area contributed by atoms with Gasteiger partial charge in [0.05, 0.1) is 11.6 Å². The van der Waals surface area contributed by atoms with E-state index in [2.05, 4.69) is 32.6 Å². The topological polar surface area (TPSA) is 48.5 Å². The number of aryl methyl sites for hydroxylation is 4. The van der Waals surface area contributed by atoms with E-state index in [1.165, 1.54) is 5.56 Å². The number of pyridine rings is 1. The zero-order chi connectivity index (χ0) is 14.8. The summed E-state index contributed by atoms with van der Waals surface area (Å²) in [5.74, 6) is 1.31. The zero-order valence-corrected chi connectivity index (χ0v) is 13.0. The molecule has 3 aromatic rings. The van der Waals surface area contributed by atoms with Crippen LogP contribution in [-0.2, 0) is 32.3 Å². The molecule has 5 nitrogen and oxygen atoms in total. The monoisotopic (exact) mass is 303 g/mol. The number of fused-ring (bicyclic) bond motifs is 1. The van der Waals surface area contributed by atoms with E-state index in [0.29, 0.717) is 5.88 Å². The van der Waals surface area contributed by atoms with Gasteiger partial charge < -0.3 is 4.57 Å². The lowest BCUT2D eigenvalue weighted by Gasteiger charge is -2.08. The summed E-state index contributed by atoms with van der Waals surface area (Å²) < 4.78 is 4.07. The van der Waals surface area contributed by atoms with Gasteiger partial charge in [-0.25, -0.2) is 4.98 Å². The van der Waals surface area contributed by atoms with Gasteiger partial charge in [-0.15, -0.1) is 11.6 Å². The molecule has 21 heavy (non-hydrogen) atoms. The lowest BCUT2D eigenvalue weighted by atomic mass is 10.2. The summed E-state index contributed by atoms with van der Waals surface area (Å²) in [4.78, 5) is 8.82. The molecule has 0 spiro atoms. The maximum atomic E-state index is 6.06. The van der Waals surface area contributed by atoms with E-state index in [1.54, 1.807) is 6.20 Å². The Hall–Kier alpha value is -1.88. The highest BCUT2D eigenvalue weighted by Crippen LogP contribution is 2.21. The number of halogens is 1.